The number of methoxy groups -OCH3 is 3. The molecule has 2 heterocycles. The molecule has 3 aromatic carbocycles. The second kappa shape index (κ2) is 9.57. The van der Waals surface area contributed by atoms with Crippen LogP contribution in [0.25, 0.3) is 0 Å². The van der Waals surface area contributed by atoms with Crippen LogP contribution in [0.4, 0.5) is 5.69 Å². The minimum atomic E-state index is 0. The second-order valence-electron chi connectivity index (χ2n) is 7.83. The Labute approximate surface area is 209 Å². The lowest BCUT2D eigenvalue weighted by molar-refractivity contribution is -0.512. The lowest BCUT2D eigenvalue weighted by atomic mass is 9.91. The molecule has 2 aliphatic rings. The van der Waals surface area contributed by atoms with E-state index in [9.17, 15) is 0 Å². The molecule has 0 bridgehead atoms. The van der Waals surface area contributed by atoms with Crippen LogP contribution >= 0.6 is 11.6 Å². The highest BCUT2D eigenvalue weighted by atomic mass is 79.9. The van der Waals surface area contributed by atoms with Crippen LogP contribution in [0.5, 0.6) is 17.2 Å². The molecule has 7 heteroatoms. The maximum absolute atomic E-state index is 6.38. The van der Waals surface area contributed by atoms with E-state index in [1.165, 1.54) is 5.56 Å². The van der Waals surface area contributed by atoms with Gasteiger partial charge in [-0.15, -0.1) is 0 Å². The van der Waals surface area contributed by atoms with Gasteiger partial charge in [0.25, 0.3) is 0 Å². The Kier molecular flexibility index (Phi) is 6.77. The number of hydrogen-bond acceptors (Lipinski definition) is 4. The Morgan fingerprint density at radius 2 is 1.58 bits per heavy atom. The molecule has 170 valence electrons. The Hall–Kier alpha value is -2.83. The van der Waals surface area contributed by atoms with Gasteiger partial charge >= 0.3 is 0 Å². The zero-order valence-electron chi connectivity index (χ0n) is 18.7. The number of ether oxygens (including phenoxy) is 3. The summed E-state index contributed by atoms with van der Waals surface area (Å²) in [5.74, 6) is 2.30. The molecular weight excluding hydrogens is 504 g/mol. The van der Waals surface area contributed by atoms with E-state index in [1.807, 2.05) is 24.3 Å². The standard InChI is InChI=1S/C26H24ClN2O3.BrH/c1-30-19-7-4-16(5-8-19)23-15-29-11-10-17-12-24(31-2)25(32-3)14-21(17)26(29)20-9-6-18(27)13-22(20)28-23;/h4-9,12-14H,10-11,15H2,1-3H3;1H/q+1;/p-1. The molecule has 0 aromatic heterocycles. The van der Waals surface area contributed by atoms with Gasteiger partial charge in [-0.05, 0) is 60.2 Å². The van der Waals surface area contributed by atoms with E-state index in [4.69, 9.17) is 30.8 Å². The lowest BCUT2D eigenvalue weighted by Crippen LogP contribution is -3.00. The van der Waals surface area contributed by atoms with Crippen molar-refractivity contribution in [1.82, 2.24) is 0 Å². The molecule has 0 atom stereocenters. The highest BCUT2D eigenvalue weighted by Crippen LogP contribution is 2.37. The summed E-state index contributed by atoms with van der Waals surface area (Å²) in [5.41, 5.74) is 7.51. The van der Waals surface area contributed by atoms with Crippen molar-refractivity contribution in [1.29, 1.82) is 0 Å². The Bertz CT molecular complexity index is 1270. The number of fused-ring (bicyclic) bond motifs is 4. The number of nitrogens with zero attached hydrogens (tertiary/aromatic N) is 2. The zero-order chi connectivity index (χ0) is 22.2. The first-order valence-corrected chi connectivity index (χ1v) is 10.9. The van der Waals surface area contributed by atoms with Crippen LogP contribution < -0.4 is 31.2 Å². The molecule has 0 spiro atoms. The van der Waals surface area contributed by atoms with Crippen LogP contribution in [-0.2, 0) is 6.42 Å². The Morgan fingerprint density at radius 3 is 2.27 bits per heavy atom. The predicted octanol–water partition coefficient (Wildman–Crippen LogP) is 1.91. The molecule has 5 rings (SSSR count). The van der Waals surface area contributed by atoms with E-state index in [0.29, 0.717) is 11.6 Å². The van der Waals surface area contributed by atoms with Crippen molar-refractivity contribution >= 4 is 28.7 Å². The monoisotopic (exact) mass is 526 g/mol. The van der Waals surface area contributed by atoms with Gasteiger partial charge in [0.15, 0.2) is 18.0 Å². The van der Waals surface area contributed by atoms with Gasteiger partial charge in [0.2, 0.25) is 5.71 Å². The van der Waals surface area contributed by atoms with Crippen LogP contribution in [0.15, 0.2) is 59.6 Å². The van der Waals surface area contributed by atoms with Crippen LogP contribution in [0, 0.1) is 0 Å². The summed E-state index contributed by atoms with van der Waals surface area (Å²) in [5, 5.41) is 0.666. The summed E-state index contributed by atoms with van der Waals surface area (Å²) < 4.78 is 18.9. The Morgan fingerprint density at radius 1 is 0.848 bits per heavy atom. The summed E-state index contributed by atoms with van der Waals surface area (Å²) in [7, 11) is 5.01. The van der Waals surface area contributed by atoms with E-state index in [2.05, 4.69) is 34.9 Å². The fraction of sp³-hybridized carbons (Fsp3) is 0.231. The van der Waals surface area contributed by atoms with Crippen molar-refractivity contribution in [2.24, 2.45) is 4.99 Å². The number of rotatable bonds is 4. The molecule has 0 radical (unpaired) electrons. The first kappa shape index (κ1) is 23.3. The van der Waals surface area contributed by atoms with Crippen LogP contribution in [0.1, 0.15) is 22.3 Å². The molecule has 0 N–H and O–H groups in total. The first-order chi connectivity index (χ1) is 15.6. The second-order valence-corrected chi connectivity index (χ2v) is 8.27. The van der Waals surface area contributed by atoms with E-state index >= 15 is 0 Å². The maximum atomic E-state index is 6.38. The topological polar surface area (TPSA) is 43.1 Å². The molecule has 0 saturated carbocycles. The predicted molar refractivity (Wildman–Crippen MR) is 127 cm³/mol. The first-order valence-electron chi connectivity index (χ1n) is 10.5. The fourth-order valence-electron chi connectivity index (χ4n) is 4.46. The van der Waals surface area contributed by atoms with E-state index in [-0.39, 0.29) is 17.0 Å². The van der Waals surface area contributed by atoms with Crippen LogP contribution in [0.3, 0.4) is 0 Å². The zero-order valence-corrected chi connectivity index (χ0v) is 21.0. The molecule has 0 aliphatic carbocycles. The Balaban J connectivity index is 0.00000259. The van der Waals surface area contributed by atoms with Crippen LogP contribution in [-0.4, -0.2) is 50.4 Å². The lowest BCUT2D eigenvalue weighted by Gasteiger charge is -2.20. The normalized spacial score (nSPS) is 14.1. The SMILES string of the molecule is COc1ccc(C2=Nc3cc(Cl)ccc3C3=[N+](CCc4cc(OC)c(OC)cc43)C2)cc1.[Br-]. The van der Waals surface area contributed by atoms with E-state index in [0.717, 1.165) is 64.0 Å². The van der Waals surface area contributed by atoms with Crippen molar-refractivity contribution in [3.8, 4) is 17.2 Å². The maximum Gasteiger partial charge on any atom is 0.217 e. The summed E-state index contributed by atoms with van der Waals surface area (Å²) in [6.45, 7) is 1.58. The van der Waals surface area contributed by atoms with Crippen LogP contribution in [0.2, 0.25) is 5.02 Å². The summed E-state index contributed by atoms with van der Waals surface area (Å²) in [6, 6.07) is 18.1. The third-order valence-electron chi connectivity index (χ3n) is 6.07. The van der Waals surface area contributed by atoms with Gasteiger partial charge in [0.1, 0.15) is 18.0 Å². The van der Waals surface area contributed by atoms with Gasteiger partial charge in [-0.2, -0.15) is 0 Å². The largest absolute Gasteiger partial charge is 1.00 e. The minimum absolute atomic E-state index is 0. The summed E-state index contributed by atoms with van der Waals surface area (Å²) >= 11 is 6.38. The van der Waals surface area contributed by atoms with Crippen molar-refractivity contribution in [3.05, 3.63) is 81.9 Å². The van der Waals surface area contributed by atoms with Crippen molar-refractivity contribution in [2.45, 2.75) is 6.42 Å². The van der Waals surface area contributed by atoms with Crippen molar-refractivity contribution in [3.63, 3.8) is 0 Å². The third kappa shape index (κ3) is 4.25. The summed E-state index contributed by atoms with van der Waals surface area (Å²) in [4.78, 5) is 5.07. The van der Waals surface area contributed by atoms with E-state index < -0.39 is 0 Å². The molecule has 0 unspecified atom stereocenters. The average molecular weight is 528 g/mol. The minimum Gasteiger partial charge on any atom is -1.00 e. The molecule has 0 fully saturated rings. The van der Waals surface area contributed by atoms with Gasteiger partial charge in [-0.25, -0.2) is 9.57 Å². The molecule has 0 amide bonds. The van der Waals surface area contributed by atoms with Gasteiger partial charge < -0.3 is 31.2 Å². The molecule has 3 aromatic rings. The highest BCUT2D eigenvalue weighted by molar-refractivity contribution is 6.31. The molecule has 2 aliphatic heterocycles. The number of halogens is 2. The van der Waals surface area contributed by atoms with Gasteiger partial charge in [-0.1, -0.05) is 11.6 Å². The third-order valence-corrected chi connectivity index (χ3v) is 6.30. The fourth-order valence-corrected chi connectivity index (χ4v) is 4.62. The average Bonchev–Trinajstić information content (AvgIpc) is 2.99. The molecule has 0 saturated heterocycles. The quantitative estimate of drug-likeness (QED) is 0.487. The smallest absolute Gasteiger partial charge is 0.217 e. The van der Waals surface area contributed by atoms with Gasteiger partial charge in [0.05, 0.1) is 38.1 Å². The van der Waals surface area contributed by atoms with Crippen molar-refractivity contribution < 1.29 is 35.8 Å². The molecule has 33 heavy (non-hydrogen) atoms. The summed E-state index contributed by atoms with van der Waals surface area (Å²) in [6.07, 6.45) is 0.915. The molecule has 5 nitrogen and oxygen atoms in total. The number of benzene rings is 3. The molecular formula is C26H24BrClN2O3. The van der Waals surface area contributed by atoms with Crippen molar-refractivity contribution in [2.75, 3.05) is 34.4 Å². The number of aliphatic imine (C=N–C) groups is 1. The number of hydrogen-bond donors (Lipinski definition) is 0. The van der Waals surface area contributed by atoms with Gasteiger partial charge in [0, 0.05) is 17.0 Å². The highest BCUT2D eigenvalue weighted by Gasteiger charge is 2.33. The van der Waals surface area contributed by atoms with Gasteiger partial charge in [-0.3, -0.25) is 0 Å². The van der Waals surface area contributed by atoms with E-state index in [1.54, 1.807) is 21.3 Å².